The number of aryl methyl sites for hydroxylation is 1. The minimum Gasteiger partial charge on any atom is -0.372 e. The van der Waals surface area contributed by atoms with E-state index in [-0.39, 0.29) is 13.1 Å². The molecule has 0 saturated carbocycles. The van der Waals surface area contributed by atoms with Crippen LogP contribution in [-0.2, 0) is 39.3 Å². The van der Waals surface area contributed by atoms with Crippen LogP contribution >= 0.6 is 0 Å². The van der Waals surface area contributed by atoms with Gasteiger partial charge >= 0.3 is 0 Å². The molecule has 0 atom stereocenters. The molecule has 0 saturated heterocycles. The van der Waals surface area contributed by atoms with Crippen LogP contribution in [-0.4, -0.2) is 32.5 Å². The first kappa shape index (κ1) is 20.4. The zero-order valence-corrected chi connectivity index (χ0v) is 18.5. The number of ether oxygens (including phenoxy) is 2. The first-order chi connectivity index (χ1) is 14.8. The quantitative estimate of drug-likeness (QED) is 0.706. The van der Waals surface area contributed by atoms with Gasteiger partial charge in [0, 0.05) is 13.1 Å². The lowest BCUT2D eigenvalue weighted by Crippen LogP contribution is -2.37. The summed E-state index contributed by atoms with van der Waals surface area (Å²) in [6.07, 6.45) is 0. The van der Waals surface area contributed by atoms with Crippen LogP contribution in [0.15, 0.2) is 48.9 Å². The van der Waals surface area contributed by atoms with Crippen molar-refractivity contribution in [1.82, 2.24) is 4.31 Å². The van der Waals surface area contributed by atoms with Gasteiger partial charge in [0.15, 0.2) is 0 Å². The fourth-order valence-corrected chi connectivity index (χ4v) is 6.30. The molecule has 6 heteroatoms. The molecule has 0 aromatic heterocycles. The first-order valence-electron chi connectivity index (χ1n) is 10.3. The van der Waals surface area contributed by atoms with Crippen LogP contribution in [0.25, 0.3) is 16.7 Å². The molecule has 3 heterocycles. The number of fused-ring (bicyclic) bond motifs is 6. The van der Waals surface area contributed by atoms with Crippen LogP contribution in [0.1, 0.15) is 38.9 Å². The van der Waals surface area contributed by atoms with E-state index in [1.165, 1.54) is 4.31 Å². The van der Waals surface area contributed by atoms with Gasteiger partial charge < -0.3 is 9.47 Å². The second kappa shape index (κ2) is 7.28. The molecule has 160 valence electrons. The number of rotatable bonds is 2. The molecule has 0 amide bonds. The minimum atomic E-state index is -3.67. The average molecular weight is 436 g/mol. The largest absolute Gasteiger partial charge is 0.372 e. The van der Waals surface area contributed by atoms with E-state index in [1.54, 1.807) is 12.1 Å². The second-order valence-corrected chi connectivity index (χ2v) is 10.4. The smallest absolute Gasteiger partial charge is 0.243 e. The number of nitrogens with zero attached hydrogens (tertiary/aromatic N) is 1. The Kier molecular flexibility index (Phi) is 4.79. The van der Waals surface area contributed by atoms with E-state index in [9.17, 15) is 8.42 Å². The highest BCUT2D eigenvalue weighted by Gasteiger charge is 2.37. The Morgan fingerprint density at radius 1 is 0.742 bits per heavy atom. The van der Waals surface area contributed by atoms with Gasteiger partial charge in [-0.3, -0.25) is 0 Å². The van der Waals surface area contributed by atoms with E-state index in [0.717, 1.165) is 55.7 Å². The highest BCUT2D eigenvalue weighted by Crippen LogP contribution is 2.45. The number of benzene rings is 2. The summed E-state index contributed by atoms with van der Waals surface area (Å²) < 4.78 is 40.0. The highest BCUT2D eigenvalue weighted by atomic mass is 32.2. The van der Waals surface area contributed by atoms with Gasteiger partial charge in [-0.2, -0.15) is 4.31 Å². The van der Waals surface area contributed by atoms with Crippen LogP contribution in [0.5, 0.6) is 0 Å². The van der Waals surface area contributed by atoms with Crippen LogP contribution in [0.3, 0.4) is 0 Å². The van der Waals surface area contributed by atoms with Gasteiger partial charge in [-0.25, -0.2) is 8.42 Å². The third kappa shape index (κ3) is 3.13. The fraction of sp³-hybridized carbons (Fsp3) is 0.280. The van der Waals surface area contributed by atoms with Gasteiger partial charge in [0.1, 0.15) is 0 Å². The average Bonchev–Trinajstić information content (AvgIpc) is 2.73. The molecule has 0 bridgehead atoms. The fourth-order valence-electron chi connectivity index (χ4n) is 4.90. The maximum Gasteiger partial charge on any atom is 0.243 e. The molecule has 0 fully saturated rings. The Hall–Kier alpha value is -2.51. The van der Waals surface area contributed by atoms with Crippen molar-refractivity contribution in [3.8, 4) is 0 Å². The normalized spacial score (nSPS) is 19.1. The molecule has 0 spiro atoms. The maximum absolute atomic E-state index is 13.4. The molecule has 0 unspecified atom stereocenters. The summed E-state index contributed by atoms with van der Waals surface area (Å²) in [5.41, 5.74) is 9.70. The van der Waals surface area contributed by atoms with Gasteiger partial charge in [0.2, 0.25) is 10.0 Å². The highest BCUT2D eigenvalue weighted by molar-refractivity contribution is 7.89. The lowest BCUT2D eigenvalue weighted by Gasteiger charge is -2.38. The van der Waals surface area contributed by atoms with E-state index in [0.29, 0.717) is 31.3 Å². The molecule has 2 aromatic rings. The Bertz CT molecular complexity index is 1230. The summed E-state index contributed by atoms with van der Waals surface area (Å²) in [4.78, 5) is 0.292. The molecule has 3 aliphatic heterocycles. The van der Waals surface area contributed by atoms with Gasteiger partial charge in [0.05, 0.1) is 31.3 Å². The molecular formula is C25H25NO4S. The van der Waals surface area contributed by atoms with Crippen LogP contribution in [0.2, 0.25) is 0 Å². The molecule has 0 aliphatic carbocycles. The van der Waals surface area contributed by atoms with Crippen molar-refractivity contribution >= 4 is 26.7 Å². The monoisotopic (exact) mass is 435 g/mol. The second-order valence-electron chi connectivity index (χ2n) is 8.44. The van der Waals surface area contributed by atoms with Crippen LogP contribution < -0.4 is 0 Å². The molecule has 0 radical (unpaired) electrons. The molecule has 5 rings (SSSR count). The summed E-state index contributed by atoms with van der Waals surface area (Å²) >= 11 is 0. The first-order valence-corrected chi connectivity index (χ1v) is 11.7. The Balaban J connectivity index is 1.70. The van der Waals surface area contributed by atoms with Gasteiger partial charge in [-0.15, -0.1) is 0 Å². The Morgan fingerprint density at radius 3 is 1.84 bits per heavy atom. The topological polar surface area (TPSA) is 55.8 Å². The maximum atomic E-state index is 13.4. The molecular weight excluding hydrogens is 410 g/mol. The third-order valence-electron chi connectivity index (χ3n) is 6.28. The zero-order valence-electron chi connectivity index (χ0n) is 17.7. The van der Waals surface area contributed by atoms with Crippen molar-refractivity contribution in [2.24, 2.45) is 0 Å². The van der Waals surface area contributed by atoms with Crippen molar-refractivity contribution in [1.29, 1.82) is 0 Å². The number of hydrogen-bond acceptors (Lipinski definition) is 4. The van der Waals surface area contributed by atoms with Gasteiger partial charge in [0.25, 0.3) is 0 Å². The summed E-state index contributed by atoms with van der Waals surface area (Å²) in [6.45, 7) is 17.0. The lowest BCUT2D eigenvalue weighted by atomic mass is 9.77. The van der Waals surface area contributed by atoms with E-state index in [1.807, 2.05) is 19.1 Å². The summed E-state index contributed by atoms with van der Waals surface area (Å²) in [5.74, 6) is 0. The predicted octanol–water partition coefficient (Wildman–Crippen LogP) is 4.30. The summed E-state index contributed by atoms with van der Waals surface area (Å²) in [7, 11) is -3.67. The van der Waals surface area contributed by atoms with Crippen molar-refractivity contribution in [3.05, 3.63) is 82.9 Å². The van der Waals surface area contributed by atoms with E-state index < -0.39 is 10.0 Å². The van der Waals surface area contributed by atoms with Crippen LogP contribution in [0.4, 0.5) is 0 Å². The van der Waals surface area contributed by atoms with Gasteiger partial charge in [-0.1, -0.05) is 37.4 Å². The minimum absolute atomic E-state index is 0.240. The number of sulfonamides is 1. The molecule has 3 aliphatic rings. The van der Waals surface area contributed by atoms with Crippen molar-refractivity contribution < 1.29 is 17.9 Å². The number of hydrogen-bond donors (Lipinski definition) is 0. The lowest BCUT2D eigenvalue weighted by molar-refractivity contribution is 0.137. The third-order valence-corrected chi connectivity index (χ3v) is 8.08. The molecule has 2 aromatic carbocycles. The van der Waals surface area contributed by atoms with Crippen molar-refractivity contribution in [3.63, 3.8) is 0 Å². The van der Waals surface area contributed by atoms with E-state index >= 15 is 0 Å². The van der Waals surface area contributed by atoms with Crippen LogP contribution in [0, 0.1) is 6.92 Å². The van der Waals surface area contributed by atoms with Gasteiger partial charge in [-0.05, 0) is 69.2 Å². The predicted molar refractivity (Wildman–Crippen MR) is 122 cm³/mol. The molecule has 0 N–H and O–H groups in total. The molecule has 5 nitrogen and oxygen atoms in total. The SMILES string of the molecule is C=C1COCc2c1c1c(c3c2C(=C)CN(S(=O)(=O)c2ccc(C)cc2)C3)C(=C)COC1. The zero-order chi connectivity index (χ0) is 21.9. The van der Waals surface area contributed by atoms with E-state index in [4.69, 9.17) is 9.47 Å². The summed E-state index contributed by atoms with van der Waals surface area (Å²) in [6, 6.07) is 6.96. The summed E-state index contributed by atoms with van der Waals surface area (Å²) in [5, 5.41) is 0. The van der Waals surface area contributed by atoms with Crippen molar-refractivity contribution in [2.75, 3.05) is 19.8 Å². The molecule has 31 heavy (non-hydrogen) atoms. The Morgan fingerprint density at radius 2 is 1.26 bits per heavy atom. The van der Waals surface area contributed by atoms with E-state index in [2.05, 4.69) is 19.7 Å². The standard InChI is InChI=1S/C25H25NO4S/c1-15-5-7-19(8-6-15)31(27,28)26-9-16(2)23-20(10-26)24-17(3)11-29-14-22(24)25-18(4)12-30-13-21(23)25/h5-8H,2-4,9-14H2,1H3. The van der Waals surface area contributed by atoms with Crippen molar-refractivity contribution in [2.45, 2.75) is 31.6 Å². The Labute approximate surface area is 183 Å².